The van der Waals surface area contributed by atoms with Crippen LogP contribution in [0.4, 0.5) is 0 Å². The molecule has 1 fully saturated rings. The van der Waals surface area contributed by atoms with E-state index in [2.05, 4.69) is 11.4 Å². The lowest BCUT2D eigenvalue weighted by Gasteiger charge is -2.23. The summed E-state index contributed by atoms with van der Waals surface area (Å²) in [6.45, 7) is 2.29. The van der Waals surface area contributed by atoms with E-state index in [1.807, 2.05) is 25.1 Å². The fourth-order valence-corrected chi connectivity index (χ4v) is 2.33. The standard InChI is InChI=1S/C15H18N2O2/c1-15(9-16,17-12-3-4-12)7-6-11-2-5-13-14(8-11)19-10-18-13/h2,5,8,12,17H,3-4,6-7,10H2,1H3. The van der Waals surface area contributed by atoms with Gasteiger partial charge in [-0.3, -0.25) is 5.32 Å². The van der Waals surface area contributed by atoms with E-state index in [-0.39, 0.29) is 0 Å². The van der Waals surface area contributed by atoms with Crippen molar-refractivity contribution in [1.29, 1.82) is 5.26 Å². The summed E-state index contributed by atoms with van der Waals surface area (Å²) in [5.41, 5.74) is 0.751. The molecule has 0 saturated heterocycles. The van der Waals surface area contributed by atoms with Crippen molar-refractivity contribution in [1.82, 2.24) is 5.32 Å². The average Bonchev–Trinajstić information content (AvgIpc) is 3.10. The van der Waals surface area contributed by atoms with E-state index in [9.17, 15) is 5.26 Å². The molecular weight excluding hydrogens is 240 g/mol. The molecule has 19 heavy (non-hydrogen) atoms. The Labute approximate surface area is 113 Å². The van der Waals surface area contributed by atoms with Gasteiger partial charge in [0.15, 0.2) is 11.5 Å². The number of nitriles is 1. The van der Waals surface area contributed by atoms with Crippen molar-refractivity contribution in [3.05, 3.63) is 23.8 Å². The average molecular weight is 258 g/mol. The maximum Gasteiger partial charge on any atom is 0.231 e. The van der Waals surface area contributed by atoms with Crippen molar-refractivity contribution in [2.75, 3.05) is 6.79 Å². The van der Waals surface area contributed by atoms with Crippen LogP contribution < -0.4 is 14.8 Å². The minimum Gasteiger partial charge on any atom is -0.454 e. The summed E-state index contributed by atoms with van der Waals surface area (Å²) in [5, 5.41) is 12.8. The molecule has 1 heterocycles. The van der Waals surface area contributed by atoms with E-state index in [0.717, 1.165) is 24.3 Å². The number of fused-ring (bicyclic) bond motifs is 1. The Hall–Kier alpha value is -1.73. The molecule has 2 aliphatic rings. The molecule has 0 aromatic heterocycles. The number of nitrogens with zero attached hydrogens (tertiary/aromatic N) is 1. The van der Waals surface area contributed by atoms with Crippen LogP contribution in [-0.2, 0) is 6.42 Å². The molecule has 100 valence electrons. The van der Waals surface area contributed by atoms with Crippen LogP contribution in [0.1, 0.15) is 31.7 Å². The summed E-state index contributed by atoms with van der Waals surface area (Å²) < 4.78 is 10.7. The molecule has 1 aliphatic carbocycles. The van der Waals surface area contributed by atoms with E-state index in [1.165, 1.54) is 18.4 Å². The van der Waals surface area contributed by atoms with E-state index >= 15 is 0 Å². The van der Waals surface area contributed by atoms with Crippen molar-refractivity contribution >= 4 is 0 Å². The lowest BCUT2D eigenvalue weighted by Crippen LogP contribution is -2.42. The number of hydrogen-bond donors (Lipinski definition) is 1. The molecule has 3 rings (SSSR count). The van der Waals surface area contributed by atoms with Crippen LogP contribution in [0.2, 0.25) is 0 Å². The zero-order valence-corrected chi connectivity index (χ0v) is 11.1. The van der Waals surface area contributed by atoms with Gasteiger partial charge in [0.2, 0.25) is 6.79 Å². The first-order chi connectivity index (χ1) is 9.18. The molecule has 1 saturated carbocycles. The third-order valence-electron chi connectivity index (χ3n) is 3.70. The largest absolute Gasteiger partial charge is 0.454 e. The lowest BCUT2D eigenvalue weighted by atomic mass is 9.94. The molecule has 1 aliphatic heterocycles. The topological polar surface area (TPSA) is 54.3 Å². The highest BCUT2D eigenvalue weighted by Crippen LogP contribution is 2.33. The lowest BCUT2D eigenvalue weighted by molar-refractivity contribution is 0.174. The van der Waals surface area contributed by atoms with Crippen LogP contribution in [-0.4, -0.2) is 18.4 Å². The van der Waals surface area contributed by atoms with Crippen molar-refractivity contribution < 1.29 is 9.47 Å². The maximum absolute atomic E-state index is 9.34. The minimum atomic E-state index is -0.433. The monoisotopic (exact) mass is 258 g/mol. The van der Waals surface area contributed by atoms with Crippen LogP contribution in [0, 0.1) is 11.3 Å². The summed E-state index contributed by atoms with van der Waals surface area (Å²) in [4.78, 5) is 0. The predicted molar refractivity (Wildman–Crippen MR) is 71.1 cm³/mol. The van der Waals surface area contributed by atoms with Crippen molar-refractivity contribution in [2.45, 2.75) is 44.2 Å². The van der Waals surface area contributed by atoms with Gasteiger partial charge in [-0.15, -0.1) is 0 Å². The molecule has 1 aromatic rings. The summed E-state index contributed by atoms with van der Waals surface area (Å²) >= 11 is 0. The van der Waals surface area contributed by atoms with Gasteiger partial charge in [0.1, 0.15) is 5.54 Å². The molecule has 1 aromatic carbocycles. The highest BCUT2D eigenvalue weighted by atomic mass is 16.7. The number of aryl methyl sites for hydroxylation is 1. The Morgan fingerprint density at radius 1 is 1.37 bits per heavy atom. The molecule has 1 atom stereocenters. The molecule has 0 bridgehead atoms. The van der Waals surface area contributed by atoms with Crippen LogP contribution in [0.25, 0.3) is 0 Å². The van der Waals surface area contributed by atoms with Gasteiger partial charge in [0, 0.05) is 6.04 Å². The first-order valence-corrected chi connectivity index (χ1v) is 6.76. The fraction of sp³-hybridized carbons (Fsp3) is 0.533. The highest BCUT2D eigenvalue weighted by Gasteiger charge is 2.32. The molecule has 4 nitrogen and oxygen atoms in total. The SMILES string of the molecule is CC(C#N)(CCc1ccc2c(c1)OCO2)NC1CC1. The van der Waals surface area contributed by atoms with Gasteiger partial charge in [-0.05, 0) is 50.3 Å². The van der Waals surface area contributed by atoms with Gasteiger partial charge in [0.25, 0.3) is 0 Å². The second-order valence-corrected chi connectivity index (χ2v) is 5.55. The Morgan fingerprint density at radius 2 is 2.16 bits per heavy atom. The van der Waals surface area contributed by atoms with E-state index in [4.69, 9.17) is 9.47 Å². The van der Waals surface area contributed by atoms with Crippen LogP contribution in [0.15, 0.2) is 18.2 Å². The predicted octanol–water partition coefficient (Wildman–Crippen LogP) is 2.38. The first-order valence-electron chi connectivity index (χ1n) is 6.76. The number of benzene rings is 1. The quantitative estimate of drug-likeness (QED) is 0.881. The Kier molecular flexibility index (Phi) is 3.08. The molecule has 0 amide bonds. The van der Waals surface area contributed by atoms with Gasteiger partial charge in [-0.1, -0.05) is 6.07 Å². The van der Waals surface area contributed by atoms with E-state index in [0.29, 0.717) is 12.8 Å². The molecular formula is C15H18N2O2. The third kappa shape index (κ3) is 2.82. The molecule has 4 heteroatoms. The second kappa shape index (κ2) is 4.75. The highest BCUT2D eigenvalue weighted by molar-refractivity contribution is 5.44. The summed E-state index contributed by atoms with van der Waals surface area (Å²) in [6.07, 6.45) is 4.06. The number of nitrogens with one attached hydrogen (secondary N) is 1. The molecule has 1 unspecified atom stereocenters. The number of ether oxygens (including phenoxy) is 2. The summed E-state index contributed by atoms with van der Waals surface area (Å²) in [7, 11) is 0. The zero-order valence-electron chi connectivity index (χ0n) is 11.1. The minimum absolute atomic E-state index is 0.304. The van der Waals surface area contributed by atoms with E-state index < -0.39 is 5.54 Å². The molecule has 0 spiro atoms. The normalized spacial score (nSPS) is 19.8. The Morgan fingerprint density at radius 3 is 2.89 bits per heavy atom. The van der Waals surface area contributed by atoms with Gasteiger partial charge >= 0.3 is 0 Å². The smallest absolute Gasteiger partial charge is 0.231 e. The Balaban J connectivity index is 1.63. The second-order valence-electron chi connectivity index (χ2n) is 5.55. The van der Waals surface area contributed by atoms with Gasteiger partial charge in [0.05, 0.1) is 6.07 Å². The van der Waals surface area contributed by atoms with Crippen molar-refractivity contribution in [3.8, 4) is 17.6 Å². The maximum atomic E-state index is 9.34. The first kappa shape index (κ1) is 12.3. The zero-order chi connectivity index (χ0) is 13.3. The van der Waals surface area contributed by atoms with Gasteiger partial charge in [-0.2, -0.15) is 5.26 Å². The fourth-order valence-electron chi connectivity index (χ4n) is 2.33. The molecule has 1 N–H and O–H groups in total. The Bertz CT molecular complexity index is 519. The van der Waals surface area contributed by atoms with E-state index in [1.54, 1.807) is 0 Å². The summed E-state index contributed by atoms with van der Waals surface area (Å²) in [6, 6.07) is 8.94. The van der Waals surface area contributed by atoms with Crippen molar-refractivity contribution in [2.24, 2.45) is 0 Å². The summed E-state index contributed by atoms with van der Waals surface area (Å²) in [5.74, 6) is 1.62. The van der Waals surface area contributed by atoms with Crippen LogP contribution in [0.5, 0.6) is 11.5 Å². The number of rotatable bonds is 5. The third-order valence-corrected chi connectivity index (χ3v) is 3.70. The molecule has 0 radical (unpaired) electrons. The van der Waals surface area contributed by atoms with Gasteiger partial charge in [-0.25, -0.2) is 0 Å². The van der Waals surface area contributed by atoms with Crippen LogP contribution in [0.3, 0.4) is 0 Å². The number of hydrogen-bond acceptors (Lipinski definition) is 4. The van der Waals surface area contributed by atoms with Crippen LogP contribution >= 0.6 is 0 Å². The van der Waals surface area contributed by atoms with Gasteiger partial charge < -0.3 is 9.47 Å². The van der Waals surface area contributed by atoms with Crippen molar-refractivity contribution in [3.63, 3.8) is 0 Å².